The van der Waals surface area contributed by atoms with E-state index in [0.717, 1.165) is 56.0 Å². The van der Waals surface area contributed by atoms with Crippen LogP contribution in [0.15, 0.2) is 41.5 Å². The summed E-state index contributed by atoms with van der Waals surface area (Å²) in [5.74, 6) is 3.63. The molecule has 5 heteroatoms. The Hall–Kier alpha value is -1.85. The van der Waals surface area contributed by atoms with E-state index in [0.29, 0.717) is 29.8 Å². The second-order valence-corrected chi connectivity index (χ2v) is 15.3. The summed E-state index contributed by atoms with van der Waals surface area (Å²) in [7, 11) is 0. The van der Waals surface area contributed by atoms with Crippen molar-refractivity contribution in [3.8, 4) is 0 Å². The Kier molecular flexibility index (Phi) is 7.09. The van der Waals surface area contributed by atoms with Crippen LogP contribution >= 0.6 is 0 Å². The Labute approximate surface area is 247 Å². The number of hydrogen-bond acceptors (Lipinski definition) is 4. The third-order valence-electron chi connectivity index (χ3n) is 13.2. The first-order chi connectivity index (χ1) is 19.7. The number of ether oxygens (including phenoxy) is 2. The molecule has 11 atom stereocenters. The average molecular weight is 562 g/mol. The lowest BCUT2D eigenvalue weighted by Gasteiger charge is -2.53. The van der Waals surface area contributed by atoms with Gasteiger partial charge in [-0.1, -0.05) is 62.2 Å². The molecule has 5 fully saturated rings. The van der Waals surface area contributed by atoms with Crippen molar-refractivity contribution < 1.29 is 19.4 Å². The van der Waals surface area contributed by atoms with Gasteiger partial charge in [0.1, 0.15) is 6.61 Å². The van der Waals surface area contributed by atoms with Gasteiger partial charge in [0.15, 0.2) is 0 Å². The monoisotopic (exact) mass is 561 g/mol. The highest BCUT2D eigenvalue weighted by atomic mass is 16.6. The van der Waals surface area contributed by atoms with Crippen LogP contribution in [0.1, 0.15) is 97.5 Å². The molecule has 2 saturated heterocycles. The van der Waals surface area contributed by atoms with Crippen LogP contribution in [-0.4, -0.2) is 46.5 Å². The van der Waals surface area contributed by atoms with Crippen LogP contribution in [0.25, 0.3) is 0 Å². The molecule has 7 rings (SSSR count). The zero-order chi connectivity index (χ0) is 28.5. The van der Waals surface area contributed by atoms with Crippen LogP contribution < -0.4 is 0 Å². The average Bonchev–Trinajstić information content (AvgIpc) is 3.42. The first-order valence-electron chi connectivity index (χ1n) is 16.7. The summed E-state index contributed by atoms with van der Waals surface area (Å²) in [6, 6.07) is 10.1. The summed E-state index contributed by atoms with van der Waals surface area (Å²) in [4.78, 5) is 15.5. The smallest absolute Gasteiger partial charge is 0.410 e. The Balaban J connectivity index is 1.11. The quantitative estimate of drug-likeness (QED) is 0.380. The number of piperidine rings is 1. The fraction of sp³-hybridized carbons (Fsp3) is 0.750. The summed E-state index contributed by atoms with van der Waals surface area (Å²) in [6.07, 6.45) is 11.2. The van der Waals surface area contributed by atoms with E-state index in [4.69, 9.17) is 9.47 Å². The molecule has 3 unspecified atom stereocenters. The summed E-state index contributed by atoms with van der Waals surface area (Å²) >= 11 is 0. The number of hydrogen-bond donors (Lipinski definition) is 1. The minimum Gasteiger partial charge on any atom is -0.445 e. The Morgan fingerprint density at radius 3 is 2.71 bits per heavy atom. The third kappa shape index (κ3) is 4.60. The highest BCUT2D eigenvalue weighted by Gasteiger charge is 2.60. The molecular formula is C36H51NO4. The molecule has 6 aliphatic rings. The first kappa shape index (κ1) is 28.0. The zero-order valence-corrected chi connectivity index (χ0v) is 25.7. The number of nitrogens with zero attached hydrogens (tertiary/aromatic N) is 1. The molecule has 0 radical (unpaired) electrons. The van der Waals surface area contributed by atoms with E-state index in [1.807, 2.05) is 35.2 Å². The van der Waals surface area contributed by atoms with Crippen LogP contribution in [0.4, 0.5) is 4.79 Å². The topological polar surface area (TPSA) is 59.0 Å². The second kappa shape index (κ2) is 10.4. The van der Waals surface area contributed by atoms with Crippen LogP contribution in [0.2, 0.25) is 0 Å². The molecule has 0 bridgehead atoms. The lowest BCUT2D eigenvalue weighted by atomic mass is 9.52. The lowest BCUT2D eigenvalue weighted by Crippen LogP contribution is -2.54. The van der Waals surface area contributed by atoms with Crippen LogP contribution in [0, 0.1) is 40.9 Å². The normalized spacial score (nSPS) is 45.5. The van der Waals surface area contributed by atoms with Gasteiger partial charge in [-0.2, -0.15) is 0 Å². The van der Waals surface area contributed by atoms with Crippen molar-refractivity contribution in [1.82, 2.24) is 4.90 Å². The van der Waals surface area contributed by atoms with Gasteiger partial charge in [-0.25, -0.2) is 4.79 Å². The number of carbonyl (C=O) groups excluding carboxylic acids is 1. The summed E-state index contributed by atoms with van der Waals surface area (Å²) < 4.78 is 13.1. The molecule has 1 amide bonds. The number of allylic oxidation sites excluding steroid dienone is 1. The molecule has 1 spiro atoms. The summed E-state index contributed by atoms with van der Waals surface area (Å²) in [6.45, 7) is 10.7. The SMILES string of the molecule is CC1=C2CC3[C@@H](CC[C@@H]4C[C@@H](O)CC[C@]34C)C2CC[C@@]2(C1)O[C@@H]1C[C@H](C)CN(C(=O)OCc3ccccc3)C1[C@H]2C. The van der Waals surface area contributed by atoms with Crippen LogP contribution in [0.3, 0.4) is 0 Å². The molecule has 0 aromatic heterocycles. The Bertz CT molecular complexity index is 1180. The minimum absolute atomic E-state index is 0.0836. The second-order valence-electron chi connectivity index (χ2n) is 15.3. The van der Waals surface area contributed by atoms with Crippen molar-refractivity contribution in [3.05, 3.63) is 47.0 Å². The molecule has 41 heavy (non-hydrogen) atoms. The molecule has 224 valence electrons. The maximum Gasteiger partial charge on any atom is 0.410 e. The van der Waals surface area contributed by atoms with Crippen LogP contribution in [0.5, 0.6) is 0 Å². The highest BCUT2D eigenvalue weighted by Crippen LogP contribution is 2.65. The van der Waals surface area contributed by atoms with Gasteiger partial charge in [0.2, 0.25) is 0 Å². The molecule has 1 aromatic rings. The summed E-state index contributed by atoms with van der Waals surface area (Å²) in [5, 5.41) is 10.4. The summed E-state index contributed by atoms with van der Waals surface area (Å²) in [5.41, 5.74) is 4.56. The molecule has 5 nitrogen and oxygen atoms in total. The van der Waals surface area contributed by atoms with Crippen molar-refractivity contribution in [1.29, 1.82) is 0 Å². The molecule has 3 saturated carbocycles. The first-order valence-corrected chi connectivity index (χ1v) is 16.7. The van der Waals surface area contributed by atoms with Gasteiger partial charge in [0, 0.05) is 12.5 Å². The maximum atomic E-state index is 13.5. The predicted molar refractivity (Wildman–Crippen MR) is 160 cm³/mol. The minimum atomic E-state index is -0.190. The Morgan fingerprint density at radius 2 is 1.90 bits per heavy atom. The molecule has 4 aliphatic carbocycles. The number of rotatable bonds is 2. The van der Waals surface area contributed by atoms with Crippen molar-refractivity contribution in [2.24, 2.45) is 40.9 Å². The Morgan fingerprint density at radius 1 is 1.10 bits per heavy atom. The van der Waals surface area contributed by atoms with E-state index in [-0.39, 0.29) is 35.9 Å². The largest absolute Gasteiger partial charge is 0.445 e. The van der Waals surface area contributed by atoms with E-state index < -0.39 is 0 Å². The number of benzene rings is 1. The van der Waals surface area contributed by atoms with E-state index in [9.17, 15) is 9.90 Å². The number of likely N-dealkylation sites (tertiary alicyclic amines) is 1. The van der Waals surface area contributed by atoms with Gasteiger partial charge in [-0.3, -0.25) is 0 Å². The molecule has 2 aliphatic heterocycles. The fourth-order valence-corrected chi connectivity index (χ4v) is 11.0. The third-order valence-corrected chi connectivity index (χ3v) is 13.2. The predicted octanol–water partition coefficient (Wildman–Crippen LogP) is 7.52. The van der Waals surface area contributed by atoms with Crippen LogP contribution in [-0.2, 0) is 16.1 Å². The van der Waals surface area contributed by atoms with E-state index in [1.54, 1.807) is 11.1 Å². The highest BCUT2D eigenvalue weighted by molar-refractivity contribution is 5.68. The number of carbonyl (C=O) groups is 1. The van der Waals surface area contributed by atoms with Crippen molar-refractivity contribution >= 4 is 6.09 Å². The molecular weight excluding hydrogens is 510 g/mol. The van der Waals surface area contributed by atoms with Crippen molar-refractivity contribution in [2.75, 3.05) is 6.54 Å². The standard InChI is InChI=1S/C36H51NO4/c1-22-16-32-33(37(20-22)34(39)40-21-25-8-6-5-7-9-25)24(3)36(41-32)15-13-28-29-11-10-26-17-27(38)12-14-35(26,4)31(29)18-30(28)23(2)19-36/h5-9,22,24,26-29,31-33,38H,10-21H2,1-4H3/t22-,24+,26+,27-,28?,29-,31?,32+,33?,35-,36-/m0/s1. The van der Waals surface area contributed by atoms with E-state index >= 15 is 0 Å². The van der Waals surface area contributed by atoms with Gasteiger partial charge in [-0.05, 0) is 112 Å². The number of aliphatic hydroxyl groups is 1. The van der Waals surface area contributed by atoms with Gasteiger partial charge in [0.05, 0.1) is 23.9 Å². The number of aliphatic hydroxyl groups excluding tert-OH is 1. The lowest BCUT2D eigenvalue weighted by molar-refractivity contribution is -0.0832. The van der Waals surface area contributed by atoms with Gasteiger partial charge in [-0.15, -0.1) is 0 Å². The van der Waals surface area contributed by atoms with Crippen molar-refractivity contribution in [3.63, 3.8) is 0 Å². The van der Waals surface area contributed by atoms with Crippen molar-refractivity contribution in [2.45, 2.75) is 122 Å². The van der Waals surface area contributed by atoms with Gasteiger partial charge in [0.25, 0.3) is 0 Å². The zero-order valence-electron chi connectivity index (χ0n) is 25.7. The van der Waals surface area contributed by atoms with Gasteiger partial charge < -0.3 is 19.5 Å². The fourth-order valence-electron chi connectivity index (χ4n) is 11.0. The van der Waals surface area contributed by atoms with E-state index in [2.05, 4.69) is 27.7 Å². The molecule has 1 N–H and O–H groups in total. The van der Waals surface area contributed by atoms with Gasteiger partial charge >= 0.3 is 6.09 Å². The van der Waals surface area contributed by atoms with E-state index in [1.165, 1.54) is 32.1 Å². The maximum absolute atomic E-state index is 13.5. The molecule has 1 aromatic carbocycles. The number of amides is 1. The molecule has 2 heterocycles. The number of fused-ring (bicyclic) bond motifs is 6.